The Hall–Kier alpha value is -0.940. The number of alkyl halides is 2. The first-order valence-corrected chi connectivity index (χ1v) is 3.84. The lowest BCUT2D eigenvalue weighted by molar-refractivity contribution is 0.149. The molecule has 0 saturated heterocycles. The Morgan fingerprint density at radius 3 is 2.69 bits per heavy atom. The molecule has 13 heavy (non-hydrogen) atoms. The molecule has 6 heteroatoms. The quantitative estimate of drug-likeness (QED) is 0.772. The molecule has 3 nitrogen and oxygen atoms in total. The summed E-state index contributed by atoms with van der Waals surface area (Å²) in [6.07, 6.45) is -2.83. The zero-order valence-electron chi connectivity index (χ0n) is 6.48. The summed E-state index contributed by atoms with van der Waals surface area (Å²) in [4.78, 5) is 13.1. The SMILES string of the molecule is NCc1[nH]c(=O)c(C(F)F)cc1Cl. The molecular weight excluding hydrogens is 202 g/mol. The lowest BCUT2D eigenvalue weighted by Crippen LogP contribution is -2.17. The van der Waals surface area contributed by atoms with Crippen molar-refractivity contribution in [1.82, 2.24) is 4.98 Å². The molecule has 0 saturated carbocycles. The van der Waals surface area contributed by atoms with E-state index < -0.39 is 17.5 Å². The molecule has 3 N–H and O–H groups in total. The van der Waals surface area contributed by atoms with Gasteiger partial charge in [0.25, 0.3) is 12.0 Å². The van der Waals surface area contributed by atoms with Crippen LogP contribution >= 0.6 is 11.6 Å². The van der Waals surface area contributed by atoms with E-state index >= 15 is 0 Å². The van der Waals surface area contributed by atoms with E-state index in [1.807, 2.05) is 0 Å². The summed E-state index contributed by atoms with van der Waals surface area (Å²) < 4.78 is 24.3. The number of aromatic amines is 1. The van der Waals surface area contributed by atoms with Gasteiger partial charge in [0.05, 0.1) is 16.3 Å². The van der Waals surface area contributed by atoms with Crippen LogP contribution in [-0.2, 0) is 6.54 Å². The van der Waals surface area contributed by atoms with E-state index in [9.17, 15) is 13.6 Å². The third-order valence-electron chi connectivity index (χ3n) is 1.54. The molecule has 0 aliphatic heterocycles. The van der Waals surface area contributed by atoms with Crippen LogP contribution < -0.4 is 11.3 Å². The van der Waals surface area contributed by atoms with Gasteiger partial charge in [-0.05, 0) is 6.07 Å². The van der Waals surface area contributed by atoms with Crippen LogP contribution in [0.15, 0.2) is 10.9 Å². The summed E-state index contributed by atoms with van der Waals surface area (Å²) in [7, 11) is 0. The summed E-state index contributed by atoms with van der Waals surface area (Å²) in [6.45, 7) is 0.0115. The Labute approximate surface area is 77.5 Å². The number of hydrogen-bond acceptors (Lipinski definition) is 2. The number of nitrogens with one attached hydrogen (secondary N) is 1. The summed E-state index contributed by atoms with van der Waals surface area (Å²) in [6, 6.07) is 0.938. The lowest BCUT2D eigenvalue weighted by Gasteiger charge is -2.03. The van der Waals surface area contributed by atoms with E-state index in [0.717, 1.165) is 6.07 Å². The monoisotopic (exact) mass is 208 g/mol. The number of pyridine rings is 1. The summed E-state index contributed by atoms with van der Waals surface area (Å²) in [5.41, 5.74) is 3.98. The normalized spacial score (nSPS) is 10.8. The van der Waals surface area contributed by atoms with Crippen molar-refractivity contribution in [3.8, 4) is 0 Å². The van der Waals surface area contributed by atoms with Gasteiger partial charge in [0.15, 0.2) is 0 Å². The first-order chi connectivity index (χ1) is 6.06. The fourth-order valence-corrected chi connectivity index (χ4v) is 1.11. The van der Waals surface area contributed by atoms with Gasteiger partial charge < -0.3 is 10.7 Å². The first-order valence-electron chi connectivity index (χ1n) is 3.46. The van der Waals surface area contributed by atoms with E-state index in [2.05, 4.69) is 4.98 Å². The van der Waals surface area contributed by atoms with Crippen LogP contribution in [0.2, 0.25) is 5.02 Å². The average molecular weight is 209 g/mol. The number of H-pyrrole nitrogens is 1. The molecular formula is C7H7ClF2N2O. The number of hydrogen-bond donors (Lipinski definition) is 2. The highest BCUT2D eigenvalue weighted by Crippen LogP contribution is 2.19. The molecule has 1 aromatic heterocycles. The predicted molar refractivity (Wildman–Crippen MR) is 44.9 cm³/mol. The van der Waals surface area contributed by atoms with E-state index in [1.165, 1.54) is 0 Å². The Morgan fingerprint density at radius 2 is 2.23 bits per heavy atom. The molecule has 0 bridgehead atoms. The van der Waals surface area contributed by atoms with Crippen LogP contribution in [0.25, 0.3) is 0 Å². The largest absolute Gasteiger partial charge is 0.325 e. The number of halogens is 3. The fraction of sp³-hybridized carbons (Fsp3) is 0.286. The molecule has 0 spiro atoms. The molecule has 1 heterocycles. The predicted octanol–water partition coefficient (Wildman–Crippen LogP) is 1.42. The standard InChI is InChI=1S/C7H7ClF2N2O/c8-4-1-3(6(9)10)7(13)12-5(4)2-11/h1,6H,2,11H2,(H,12,13). The maximum absolute atomic E-state index is 12.1. The third-order valence-corrected chi connectivity index (χ3v) is 1.87. The second kappa shape index (κ2) is 3.85. The van der Waals surface area contributed by atoms with Gasteiger partial charge in [-0.2, -0.15) is 0 Å². The minimum absolute atomic E-state index is 0.0115. The highest BCUT2D eigenvalue weighted by atomic mass is 35.5. The zero-order valence-corrected chi connectivity index (χ0v) is 7.24. The Balaban J connectivity index is 3.29. The summed E-state index contributed by atoms with van der Waals surface area (Å²) in [5, 5.41) is 0.0531. The number of rotatable bonds is 2. The van der Waals surface area contributed by atoms with Crippen LogP contribution in [0.4, 0.5) is 8.78 Å². The van der Waals surface area contributed by atoms with Crippen LogP contribution in [0, 0.1) is 0 Å². The van der Waals surface area contributed by atoms with Crippen molar-refractivity contribution in [1.29, 1.82) is 0 Å². The molecule has 0 aromatic carbocycles. The van der Waals surface area contributed by atoms with Gasteiger partial charge in [0.2, 0.25) is 0 Å². The molecule has 0 fully saturated rings. The van der Waals surface area contributed by atoms with Crippen molar-refractivity contribution in [2.75, 3.05) is 0 Å². The maximum atomic E-state index is 12.1. The van der Waals surface area contributed by atoms with Gasteiger partial charge in [-0.15, -0.1) is 0 Å². The molecule has 0 radical (unpaired) electrons. The number of aromatic nitrogens is 1. The average Bonchev–Trinajstić information content (AvgIpc) is 2.07. The molecule has 0 unspecified atom stereocenters. The van der Waals surface area contributed by atoms with Gasteiger partial charge in [-0.3, -0.25) is 4.79 Å². The summed E-state index contributed by atoms with van der Waals surface area (Å²) in [5.74, 6) is 0. The van der Waals surface area contributed by atoms with Crippen molar-refractivity contribution in [2.24, 2.45) is 5.73 Å². The highest BCUT2D eigenvalue weighted by molar-refractivity contribution is 6.31. The fourth-order valence-electron chi connectivity index (χ4n) is 0.869. The topological polar surface area (TPSA) is 58.9 Å². The first kappa shape index (κ1) is 10.1. The van der Waals surface area contributed by atoms with Gasteiger partial charge in [0.1, 0.15) is 0 Å². The summed E-state index contributed by atoms with van der Waals surface area (Å²) >= 11 is 5.56. The number of nitrogens with two attached hydrogens (primary N) is 1. The maximum Gasteiger partial charge on any atom is 0.269 e. The minimum Gasteiger partial charge on any atom is -0.325 e. The molecule has 0 aliphatic rings. The van der Waals surface area contributed by atoms with Gasteiger partial charge in [-0.1, -0.05) is 11.6 Å². The van der Waals surface area contributed by atoms with Crippen molar-refractivity contribution in [3.05, 3.63) is 32.7 Å². The van der Waals surface area contributed by atoms with Gasteiger partial charge in [-0.25, -0.2) is 8.78 Å². The molecule has 1 rings (SSSR count). The van der Waals surface area contributed by atoms with Gasteiger partial charge >= 0.3 is 0 Å². The second-order valence-electron chi connectivity index (χ2n) is 2.39. The highest BCUT2D eigenvalue weighted by Gasteiger charge is 2.14. The van der Waals surface area contributed by atoms with Crippen LogP contribution in [0.5, 0.6) is 0 Å². The van der Waals surface area contributed by atoms with E-state index in [4.69, 9.17) is 17.3 Å². The molecule has 72 valence electrons. The zero-order chi connectivity index (χ0) is 10.0. The smallest absolute Gasteiger partial charge is 0.269 e. The van der Waals surface area contributed by atoms with Crippen molar-refractivity contribution in [3.63, 3.8) is 0 Å². The van der Waals surface area contributed by atoms with E-state index in [-0.39, 0.29) is 17.3 Å². The van der Waals surface area contributed by atoms with E-state index in [0.29, 0.717) is 0 Å². The Morgan fingerprint density at radius 1 is 1.62 bits per heavy atom. The minimum atomic E-state index is -2.83. The molecule has 0 atom stereocenters. The molecule has 1 aromatic rings. The van der Waals surface area contributed by atoms with Crippen molar-refractivity contribution in [2.45, 2.75) is 13.0 Å². The van der Waals surface area contributed by atoms with Gasteiger partial charge in [0, 0.05) is 6.54 Å². The second-order valence-corrected chi connectivity index (χ2v) is 2.79. The Bertz CT molecular complexity index is 364. The molecule has 0 aliphatic carbocycles. The lowest BCUT2D eigenvalue weighted by atomic mass is 10.2. The third kappa shape index (κ3) is 2.05. The van der Waals surface area contributed by atoms with Crippen LogP contribution in [0.3, 0.4) is 0 Å². The van der Waals surface area contributed by atoms with Crippen molar-refractivity contribution >= 4 is 11.6 Å². The van der Waals surface area contributed by atoms with Crippen LogP contribution in [-0.4, -0.2) is 4.98 Å². The van der Waals surface area contributed by atoms with Crippen LogP contribution in [0.1, 0.15) is 17.7 Å². The molecule has 0 amide bonds. The van der Waals surface area contributed by atoms with Crippen molar-refractivity contribution < 1.29 is 8.78 Å². The Kier molecular flexibility index (Phi) is 3.00. The van der Waals surface area contributed by atoms with E-state index in [1.54, 1.807) is 0 Å².